The molecule has 0 aliphatic rings. The Bertz CT molecular complexity index is 736. The highest BCUT2D eigenvalue weighted by atomic mass is 16.2. The minimum Gasteiger partial charge on any atom is -0.333 e. The topological polar surface area (TPSA) is 45.6 Å². The fourth-order valence-electron chi connectivity index (χ4n) is 2.76. The van der Waals surface area contributed by atoms with E-state index in [1.807, 2.05) is 35.2 Å². The maximum atomic E-state index is 13.0. The zero-order chi connectivity index (χ0) is 18.2. The van der Waals surface area contributed by atoms with Crippen LogP contribution in [-0.4, -0.2) is 46.5 Å². The number of carbonyl (C=O) groups excluding carboxylic acids is 1. The molecule has 0 bridgehead atoms. The first-order chi connectivity index (χ1) is 12.0. The number of hydrogen-bond donors (Lipinski definition) is 0. The van der Waals surface area contributed by atoms with E-state index in [2.05, 4.69) is 18.7 Å². The summed E-state index contributed by atoms with van der Waals surface area (Å²) in [6.07, 6.45) is 1.61. The molecule has 1 aromatic heterocycles. The summed E-state index contributed by atoms with van der Waals surface area (Å²) in [5.74, 6) is -0.0494. The van der Waals surface area contributed by atoms with Crippen LogP contribution in [0.1, 0.15) is 29.8 Å². The van der Waals surface area contributed by atoms with Crippen LogP contribution in [0.25, 0.3) is 0 Å². The van der Waals surface area contributed by atoms with Crippen molar-refractivity contribution in [2.75, 3.05) is 26.2 Å². The Labute approximate surface area is 149 Å². The summed E-state index contributed by atoms with van der Waals surface area (Å²) in [5.41, 5.74) is 1.52. The second-order valence-corrected chi connectivity index (χ2v) is 6.11. The van der Waals surface area contributed by atoms with Gasteiger partial charge in [0.2, 0.25) is 5.56 Å². The van der Waals surface area contributed by atoms with Gasteiger partial charge in [-0.05, 0) is 24.7 Å². The molecule has 0 spiro atoms. The molecular weight excluding hydrogens is 314 g/mol. The fraction of sp³-hybridized carbons (Fsp3) is 0.400. The van der Waals surface area contributed by atoms with Crippen LogP contribution >= 0.6 is 0 Å². The zero-order valence-corrected chi connectivity index (χ0v) is 15.3. The number of aromatic nitrogens is 1. The smallest absolute Gasteiger partial charge is 0.255 e. The largest absolute Gasteiger partial charge is 0.333 e. The van der Waals surface area contributed by atoms with Gasteiger partial charge in [-0.25, -0.2) is 0 Å². The molecule has 0 saturated heterocycles. The van der Waals surface area contributed by atoms with Gasteiger partial charge < -0.3 is 14.4 Å². The maximum absolute atomic E-state index is 13.0. The number of pyridine rings is 1. The lowest BCUT2D eigenvalue weighted by atomic mass is 10.2. The molecule has 2 rings (SSSR count). The summed E-state index contributed by atoms with van der Waals surface area (Å²) in [5, 5.41) is 0. The summed E-state index contributed by atoms with van der Waals surface area (Å²) >= 11 is 0. The Morgan fingerprint density at radius 2 is 1.68 bits per heavy atom. The minimum atomic E-state index is -0.116. The molecule has 0 fully saturated rings. The van der Waals surface area contributed by atoms with E-state index in [1.165, 1.54) is 10.6 Å². The van der Waals surface area contributed by atoms with Crippen molar-refractivity contribution in [1.29, 1.82) is 0 Å². The van der Waals surface area contributed by atoms with Gasteiger partial charge in [-0.1, -0.05) is 44.2 Å². The SMILES string of the molecule is CCN(CC)CCN(Cc1ccccc1)C(=O)c1ccc(=O)n(C)c1. The number of rotatable bonds is 8. The standard InChI is InChI=1S/C20H27N3O2/c1-4-22(5-2)13-14-23(15-17-9-7-6-8-10-17)20(25)18-11-12-19(24)21(3)16-18/h6-12,16H,4-5,13-15H2,1-3H3. The summed E-state index contributed by atoms with van der Waals surface area (Å²) in [7, 11) is 1.66. The van der Waals surface area contributed by atoms with Crippen LogP contribution in [0.15, 0.2) is 53.5 Å². The fourth-order valence-corrected chi connectivity index (χ4v) is 2.76. The number of hydrogen-bond acceptors (Lipinski definition) is 3. The first kappa shape index (κ1) is 18.9. The predicted octanol–water partition coefficient (Wildman–Crippen LogP) is 2.37. The molecule has 0 radical (unpaired) electrons. The number of amides is 1. The van der Waals surface area contributed by atoms with Crippen molar-refractivity contribution in [2.24, 2.45) is 7.05 Å². The van der Waals surface area contributed by atoms with Crippen molar-refractivity contribution in [2.45, 2.75) is 20.4 Å². The third-order valence-corrected chi connectivity index (χ3v) is 4.42. The molecule has 0 atom stereocenters. The van der Waals surface area contributed by atoms with Gasteiger partial charge in [-0.2, -0.15) is 0 Å². The first-order valence-electron chi connectivity index (χ1n) is 8.77. The van der Waals surface area contributed by atoms with Gasteiger partial charge in [0.05, 0.1) is 5.56 Å². The van der Waals surface area contributed by atoms with Crippen molar-refractivity contribution in [3.8, 4) is 0 Å². The van der Waals surface area contributed by atoms with Gasteiger partial charge in [0, 0.05) is 38.9 Å². The average Bonchev–Trinajstić information content (AvgIpc) is 2.64. The summed E-state index contributed by atoms with van der Waals surface area (Å²) in [6.45, 7) is 8.21. The number of nitrogens with zero attached hydrogens (tertiary/aromatic N) is 3. The number of carbonyl (C=O) groups is 1. The van der Waals surface area contributed by atoms with E-state index in [-0.39, 0.29) is 11.5 Å². The molecule has 1 amide bonds. The molecule has 0 aliphatic carbocycles. The Balaban J connectivity index is 2.20. The normalized spacial score (nSPS) is 10.9. The third-order valence-electron chi connectivity index (χ3n) is 4.42. The predicted molar refractivity (Wildman–Crippen MR) is 101 cm³/mol. The summed E-state index contributed by atoms with van der Waals surface area (Å²) in [6, 6.07) is 13.0. The van der Waals surface area contributed by atoms with Crippen molar-refractivity contribution in [1.82, 2.24) is 14.4 Å². The second-order valence-electron chi connectivity index (χ2n) is 6.11. The number of benzene rings is 1. The van der Waals surface area contributed by atoms with Crippen LogP contribution in [0.3, 0.4) is 0 Å². The van der Waals surface area contributed by atoms with Gasteiger partial charge in [0.1, 0.15) is 0 Å². The van der Waals surface area contributed by atoms with Gasteiger partial charge >= 0.3 is 0 Å². The van der Waals surface area contributed by atoms with E-state index in [9.17, 15) is 9.59 Å². The van der Waals surface area contributed by atoms with Crippen molar-refractivity contribution in [3.05, 3.63) is 70.1 Å². The van der Waals surface area contributed by atoms with Gasteiger partial charge in [-0.15, -0.1) is 0 Å². The van der Waals surface area contributed by atoms with Crippen LogP contribution < -0.4 is 5.56 Å². The molecule has 1 heterocycles. The quantitative estimate of drug-likeness (QED) is 0.740. The highest BCUT2D eigenvalue weighted by molar-refractivity contribution is 5.93. The van der Waals surface area contributed by atoms with Gasteiger partial charge in [0.15, 0.2) is 0 Å². The molecule has 1 aromatic carbocycles. The molecule has 134 valence electrons. The van der Waals surface area contributed by atoms with Crippen LogP contribution in [0.2, 0.25) is 0 Å². The summed E-state index contributed by atoms with van der Waals surface area (Å²) in [4.78, 5) is 28.7. The molecule has 0 unspecified atom stereocenters. The van der Waals surface area contributed by atoms with Crippen LogP contribution in [-0.2, 0) is 13.6 Å². The van der Waals surface area contributed by atoms with E-state index in [0.29, 0.717) is 18.7 Å². The van der Waals surface area contributed by atoms with E-state index in [4.69, 9.17) is 0 Å². The monoisotopic (exact) mass is 341 g/mol. The van der Waals surface area contributed by atoms with E-state index < -0.39 is 0 Å². The van der Waals surface area contributed by atoms with Crippen molar-refractivity contribution < 1.29 is 4.79 Å². The molecule has 0 N–H and O–H groups in total. The lowest BCUT2D eigenvalue weighted by molar-refractivity contribution is 0.0723. The first-order valence-corrected chi connectivity index (χ1v) is 8.77. The Morgan fingerprint density at radius 3 is 2.28 bits per heavy atom. The number of likely N-dealkylation sites (N-methyl/N-ethyl adjacent to an activating group) is 1. The lowest BCUT2D eigenvalue weighted by Gasteiger charge is -2.27. The molecule has 5 heteroatoms. The second kappa shape index (κ2) is 9.18. The summed E-state index contributed by atoms with van der Waals surface area (Å²) < 4.78 is 1.44. The van der Waals surface area contributed by atoms with Crippen molar-refractivity contribution in [3.63, 3.8) is 0 Å². The Kier molecular flexibility index (Phi) is 6.95. The Hall–Kier alpha value is -2.40. The minimum absolute atomic E-state index is 0.0494. The molecule has 0 aliphatic heterocycles. The average molecular weight is 341 g/mol. The highest BCUT2D eigenvalue weighted by Gasteiger charge is 2.17. The van der Waals surface area contributed by atoms with Crippen LogP contribution in [0.5, 0.6) is 0 Å². The molecule has 5 nitrogen and oxygen atoms in total. The number of aryl methyl sites for hydroxylation is 1. The maximum Gasteiger partial charge on any atom is 0.255 e. The van der Waals surface area contributed by atoms with Crippen molar-refractivity contribution >= 4 is 5.91 Å². The van der Waals surface area contributed by atoms with Crippen LogP contribution in [0.4, 0.5) is 0 Å². The Morgan fingerprint density at radius 1 is 1.00 bits per heavy atom. The molecule has 25 heavy (non-hydrogen) atoms. The van der Waals surface area contributed by atoms with E-state index in [0.717, 1.165) is 25.2 Å². The zero-order valence-electron chi connectivity index (χ0n) is 15.3. The lowest BCUT2D eigenvalue weighted by Crippen LogP contribution is -2.38. The third kappa shape index (κ3) is 5.29. The van der Waals surface area contributed by atoms with E-state index in [1.54, 1.807) is 19.3 Å². The molecule has 0 saturated carbocycles. The van der Waals surface area contributed by atoms with E-state index >= 15 is 0 Å². The molecular formula is C20H27N3O2. The highest BCUT2D eigenvalue weighted by Crippen LogP contribution is 2.10. The molecule has 2 aromatic rings. The van der Waals surface area contributed by atoms with Crippen LogP contribution in [0, 0.1) is 0 Å². The van der Waals surface area contributed by atoms with Gasteiger partial charge in [-0.3, -0.25) is 9.59 Å². The van der Waals surface area contributed by atoms with Gasteiger partial charge in [0.25, 0.3) is 5.91 Å².